The Bertz CT molecular complexity index is 807. The van der Waals surface area contributed by atoms with E-state index in [-0.39, 0.29) is 5.97 Å². The molecule has 0 saturated heterocycles. The van der Waals surface area contributed by atoms with Crippen molar-refractivity contribution in [3.05, 3.63) is 90.5 Å². The van der Waals surface area contributed by atoms with Gasteiger partial charge in [0.25, 0.3) is 0 Å². The summed E-state index contributed by atoms with van der Waals surface area (Å²) in [6.45, 7) is 2.62. The molecule has 3 rings (SSSR count). The zero-order valence-corrected chi connectivity index (χ0v) is 16.6. The molecule has 27 heavy (non-hydrogen) atoms. The summed E-state index contributed by atoms with van der Waals surface area (Å²) < 4.78 is 5.56. The molecule has 0 fully saturated rings. The molecule has 0 saturated carbocycles. The average molecular weight is 376 g/mol. The first-order valence-electron chi connectivity index (χ1n) is 9.47. The predicted octanol–water partition coefficient (Wildman–Crippen LogP) is 4.79. The van der Waals surface area contributed by atoms with Crippen LogP contribution < -0.4 is 15.9 Å². The molecule has 0 aliphatic heterocycles. The Morgan fingerprint density at radius 3 is 1.93 bits per heavy atom. The number of ether oxygens (including phenoxy) is 1. The van der Waals surface area contributed by atoms with Gasteiger partial charge < -0.3 is 4.74 Å². The largest absolute Gasteiger partial charge is 0.462 e. The molecule has 0 N–H and O–H groups in total. The monoisotopic (exact) mass is 376 g/mol. The van der Waals surface area contributed by atoms with Crippen molar-refractivity contribution in [2.75, 3.05) is 6.61 Å². The molecule has 0 aliphatic carbocycles. The minimum atomic E-state index is -0.822. The fourth-order valence-electron chi connectivity index (χ4n) is 3.02. The first-order chi connectivity index (χ1) is 13.3. The molecule has 3 aromatic carbocycles. The van der Waals surface area contributed by atoms with Crippen LogP contribution in [0, 0.1) is 0 Å². The smallest absolute Gasteiger partial charge is 0.338 e. The van der Waals surface area contributed by atoms with E-state index in [1.165, 1.54) is 10.6 Å². The summed E-state index contributed by atoms with van der Waals surface area (Å²) in [6.07, 6.45) is 3.10. The molecule has 0 radical (unpaired) electrons. The summed E-state index contributed by atoms with van der Waals surface area (Å²) in [5, 5.41) is 3.50. The predicted molar refractivity (Wildman–Crippen MR) is 115 cm³/mol. The van der Waals surface area contributed by atoms with Crippen molar-refractivity contribution < 1.29 is 9.53 Å². The highest BCUT2D eigenvalue weighted by molar-refractivity contribution is 7.80. The molecule has 0 unspecified atom stereocenters. The van der Waals surface area contributed by atoms with Gasteiger partial charge >= 0.3 is 5.97 Å². The van der Waals surface area contributed by atoms with Gasteiger partial charge in [0.15, 0.2) is 0 Å². The second-order valence-corrected chi connectivity index (χ2v) is 8.55. The third kappa shape index (κ3) is 5.05. The van der Waals surface area contributed by atoms with Gasteiger partial charge in [0.1, 0.15) is 0 Å². The first kappa shape index (κ1) is 19.3. The third-order valence-electron chi connectivity index (χ3n) is 4.37. The topological polar surface area (TPSA) is 26.3 Å². The second kappa shape index (κ2) is 10.0. The molecular weight excluding hydrogens is 351 g/mol. The van der Waals surface area contributed by atoms with Gasteiger partial charge in [-0.15, -0.1) is 0 Å². The minimum absolute atomic E-state index is 0.221. The van der Waals surface area contributed by atoms with Gasteiger partial charge in [0, 0.05) is 0 Å². The lowest BCUT2D eigenvalue weighted by Crippen LogP contribution is -2.26. The number of benzene rings is 3. The van der Waals surface area contributed by atoms with Crippen LogP contribution in [0.1, 0.15) is 36.5 Å². The van der Waals surface area contributed by atoms with E-state index in [2.05, 4.69) is 61.5 Å². The molecule has 0 heterocycles. The zero-order chi connectivity index (χ0) is 18.9. The van der Waals surface area contributed by atoms with E-state index >= 15 is 0 Å². The van der Waals surface area contributed by atoms with Crippen LogP contribution in [0.15, 0.2) is 84.9 Å². The molecule has 0 spiro atoms. The summed E-state index contributed by atoms with van der Waals surface area (Å²) in [6, 6.07) is 28.7. The van der Waals surface area contributed by atoms with E-state index in [1.807, 2.05) is 30.3 Å². The van der Waals surface area contributed by atoms with Crippen molar-refractivity contribution in [3.63, 3.8) is 0 Å². The van der Waals surface area contributed by atoms with Crippen molar-refractivity contribution in [2.45, 2.75) is 26.2 Å². The van der Waals surface area contributed by atoms with Crippen LogP contribution in [-0.2, 0) is 4.74 Å². The Hall–Kier alpha value is -2.44. The summed E-state index contributed by atoms with van der Waals surface area (Å²) >= 11 is 0. The highest BCUT2D eigenvalue weighted by Crippen LogP contribution is 2.34. The van der Waals surface area contributed by atoms with Crippen molar-refractivity contribution in [2.24, 2.45) is 0 Å². The van der Waals surface area contributed by atoms with Crippen molar-refractivity contribution in [3.8, 4) is 0 Å². The van der Waals surface area contributed by atoms with Gasteiger partial charge in [-0.05, 0) is 36.3 Å². The van der Waals surface area contributed by atoms with Crippen molar-refractivity contribution >= 4 is 29.8 Å². The molecular formula is C24H25O2P. The molecule has 3 heteroatoms. The maximum atomic E-state index is 12.8. The van der Waals surface area contributed by atoms with Gasteiger partial charge in [-0.25, -0.2) is 4.79 Å². The van der Waals surface area contributed by atoms with Gasteiger partial charge in [-0.1, -0.05) is 98.6 Å². The van der Waals surface area contributed by atoms with Crippen LogP contribution in [0.5, 0.6) is 0 Å². The SMILES string of the molecule is CCCCCOC(=O)c1ccccc1P(c1ccccc1)c1ccccc1. The Kier molecular flexibility index (Phi) is 7.19. The number of esters is 1. The number of carbonyl (C=O) groups excluding carboxylic acids is 1. The molecule has 0 aliphatic rings. The van der Waals surface area contributed by atoms with E-state index in [9.17, 15) is 4.79 Å². The Balaban J connectivity index is 1.97. The normalized spacial score (nSPS) is 10.7. The lowest BCUT2D eigenvalue weighted by molar-refractivity contribution is 0.0500. The average Bonchev–Trinajstić information content (AvgIpc) is 2.73. The van der Waals surface area contributed by atoms with Crippen LogP contribution in [0.25, 0.3) is 0 Å². The Morgan fingerprint density at radius 2 is 1.33 bits per heavy atom. The van der Waals surface area contributed by atoms with Gasteiger partial charge in [0.05, 0.1) is 12.2 Å². The van der Waals surface area contributed by atoms with E-state index < -0.39 is 7.92 Å². The highest BCUT2D eigenvalue weighted by atomic mass is 31.1. The molecule has 3 aromatic rings. The minimum Gasteiger partial charge on any atom is -0.462 e. The van der Waals surface area contributed by atoms with Gasteiger partial charge in [-0.3, -0.25) is 0 Å². The molecule has 0 amide bonds. The summed E-state index contributed by atoms with van der Waals surface area (Å²) in [5.41, 5.74) is 0.674. The van der Waals surface area contributed by atoms with Crippen LogP contribution >= 0.6 is 7.92 Å². The molecule has 2 nitrogen and oxygen atoms in total. The molecule has 0 bridgehead atoms. The molecule has 138 valence electrons. The zero-order valence-electron chi connectivity index (χ0n) is 15.7. The fraction of sp³-hybridized carbons (Fsp3) is 0.208. The lowest BCUT2D eigenvalue weighted by atomic mass is 10.2. The van der Waals surface area contributed by atoms with Crippen LogP contribution in [0.3, 0.4) is 0 Å². The summed E-state index contributed by atoms with van der Waals surface area (Å²) in [5.74, 6) is -0.221. The number of hydrogen-bond donors (Lipinski definition) is 0. The van der Waals surface area contributed by atoms with E-state index in [4.69, 9.17) is 4.74 Å². The van der Waals surface area contributed by atoms with Gasteiger partial charge in [0.2, 0.25) is 0 Å². The number of hydrogen-bond acceptors (Lipinski definition) is 2. The Morgan fingerprint density at radius 1 is 0.778 bits per heavy atom. The quantitative estimate of drug-likeness (QED) is 0.321. The summed E-state index contributed by atoms with van der Waals surface area (Å²) in [4.78, 5) is 12.8. The molecule has 0 atom stereocenters. The van der Waals surface area contributed by atoms with Crippen molar-refractivity contribution in [1.82, 2.24) is 0 Å². The van der Waals surface area contributed by atoms with Crippen LogP contribution in [-0.4, -0.2) is 12.6 Å². The summed E-state index contributed by atoms with van der Waals surface area (Å²) in [7, 11) is -0.822. The van der Waals surface area contributed by atoms with E-state index in [1.54, 1.807) is 0 Å². The van der Waals surface area contributed by atoms with Crippen molar-refractivity contribution in [1.29, 1.82) is 0 Å². The van der Waals surface area contributed by atoms with Crippen LogP contribution in [0.4, 0.5) is 0 Å². The number of unbranched alkanes of at least 4 members (excludes halogenated alkanes) is 2. The molecule has 0 aromatic heterocycles. The first-order valence-corrected chi connectivity index (χ1v) is 10.8. The van der Waals surface area contributed by atoms with E-state index in [0.29, 0.717) is 12.2 Å². The maximum Gasteiger partial charge on any atom is 0.338 e. The highest BCUT2D eigenvalue weighted by Gasteiger charge is 2.22. The van der Waals surface area contributed by atoms with Gasteiger partial charge in [-0.2, -0.15) is 0 Å². The third-order valence-corrected chi connectivity index (χ3v) is 6.88. The Labute approximate surface area is 163 Å². The fourth-order valence-corrected chi connectivity index (χ4v) is 5.45. The van der Waals surface area contributed by atoms with E-state index in [0.717, 1.165) is 24.6 Å². The van der Waals surface area contributed by atoms with Crippen LogP contribution in [0.2, 0.25) is 0 Å². The number of carbonyl (C=O) groups is 1. The number of rotatable bonds is 8. The maximum absolute atomic E-state index is 12.8. The standard InChI is InChI=1S/C24H25O2P/c1-2-3-12-19-26-24(25)22-17-10-11-18-23(22)27(20-13-6-4-7-14-20)21-15-8-5-9-16-21/h4-11,13-18H,2-3,12,19H2,1H3. The lowest BCUT2D eigenvalue weighted by Gasteiger charge is -2.21. The second-order valence-electron chi connectivity index (χ2n) is 6.37.